The maximum absolute atomic E-state index is 3.59. The fourth-order valence-electron chi connectivity index (χ4n) is 1.40. The van der Waals surface area contributed by atoms with Crippen molar-refractivity contribution in [1.29, 1.82) is 0 Å². The third-order valence-corrected chi connectivity index (χ3v) is 4.78. The van der Waals surface area contributed by atoms with Gasteiger partial charge in [0.2, 0.25) is 0 Å². The molecule has 0 aromatic heterocycles. The van der Waals surface area contributed by atoms with E-state index in [1.165, 1.54) is 11.1 Å². The Morgan fingerprint density at radius 2 is 1.27 bits per heavy atom. The molecular weight excluding hydrogens is 384 g/mol. The average Bonchev–Trinajstić information content (AvgIpc) is 2.26. The molecule has 0 heterocycles. The van der Waals surface area contributed by atoms with Gasteiger partial charge in [-0.1, -0.05) is 46.3 Å². The Labute approximate surface area is 114 Å². The van der Waals surface area contributed by atoms with E-state index in [2.05, 4.69) is 59.9 Å². The van der Waals surface area contributed by atoms with E-state index in [1.54, 1.807) is 0 Å². The minimum atomic E-state index is 1.06. The number of hydrogen-bond donors (Lipinski definition) is 0. The molecule has 0 saturated heterocycles. The standard InChI is InChI=1S/C12H7Br3/c13-9-6-7-10(14)12(15)11(9)8-4-2-1-3-5-8/h1-7H. The van der Waals surface area contributed by atoms with Crippen LogP contribution in [0.3, 0.4) is 0 Å². The van der Waals surface area contributed by atoms with Crippen LogP contribution in [0.2, 0.25) is 0 Å². The highest BCUT2D eigenvalue weighted by molar-refractivity contribution is 9.13. The quantitative estimate of drug-likeness (QED) is 0.552. The van der Waals surface area contributed by atoms with Crippen LogP contribution in [0.25, 0.3) is 11.1 Å². The van der Waals surface area contributed by atoms with Crippen molar-refractivity contribution < 1.29 is 0 Å². The molecule has 0 radical (unpaired) electrons. The first kappa shape index (κ1) is 11.4. The van der Waals surface area contributed by atoms with Crippen molar-refractivity contribution in [1.82, 2.24) is 0 Å². The van der Waals surface area contributed by atoms with Crippen LogP contribution < -0.4 is 0 Å². The first-order valence-corrected chi connectivity index (χ1v) is 6.77. The number of rotatable bonds is 1. The van der Waals surface area contributed by atoms with Gasteiger partial charge in [-0.25, -0.2) is 0 Å². The lowest BCUT2D eigenvalue weighted by molar-refractivity contribution is 1.52. The van der Waals surface area contributed by atoms with Crippen molar-refractivity contribution >= 4 is 47.8 Å². The van der Waals surface area contributed by atoms with Crippen LogP contribution in [0, 0.1) is 0 Å². The first-order valence-electron chi connectivity index (χ1n) is 4.39. The lowest BCUT2D eigenvalue weighted by Gasteiger charge is -2.09. The fraction of sp³-hybridized carbons (Fsp3) is 0. The molecule has 0 aliphatic rings. The van der Waals surface area contributed by atoms with Gasteiger partial charge in [-0.15, -0.1) is 0 Å². The molecule has 3 heteroatoms. The van der Waals surface area contributed by atoms with Crippen LogP contribution >= 0.6 is 47.8 Å². The van der Waals surface area contributed by atoms with E-state index in [0.29, 0.717) is 0 Å². The fourth-order valence-corrected chi connectivity index (χ4v) is 3.13. The highest BCUT2D eigenvalue weighted by atomic mass is 79.9. The van der Waals surface area contributed by atoms with E-state index in [-0.39, 0.29) is 0 Å². The largest absolute Gasteiger partial charge is 0.0622 e. The van der Waals surface area contributed by atoms with Crippen molar-refractivity contribution in [3.63, 3.8) is 0 Å². The molecule has 0 amide bonds. The molecule has 0 fully saturated rings. The van der Waals surface area contributed by atoms with Crippen LogP contribution in [0.15, 0.2) is 55.9 Å². The smallest absolute Gasteiger partial charge is 0.0407 e. The summed E-state index contributed by atoms with van der Waals surface area (Å²) in [6.45, 7) is 0. The van der Waals surface area contributed by atoms with Gasteiger partial charge in [-0.05, 0) is 49.6 Å². The molecule has 15 heavy (non-hydrogen) atoms. The van der Waals surface area contributed by atoms with Gasteiger partial charge in [0.1, 0.15) is 0 Å². The van der Waals surface area contributed by atoms with E-state index >= 15 is 0 Å². The van der Waals surface area contributed by atoms with Crippen LogP contribution in [-0.4, -0.2) is 0 Å². The molecule has 0 spiro atoms. The van der Waals surface area contributed by atoms with E-state index in [0.717, 1.165) is 13.4 Å². The molecule has 76 valence electrons. The molecule has 2 aromatic rings. The lowest BCUT2D eigenvalue weighted by atomic mass is 10.1. The summed E-state index contributed by atoms with van der Waals surface area (Å²) in [6.07, 6.45) is 0. The molecule has 0 nitrogen and oxygen atoms in total. The van der Waals surface area contributed by atoms with E-state index < -0.39 is 0 Å². The van der Waals surface area contributed by atoms with Crippen LogP contribution in [0.4, 0.5) is 0 Å². The third-order valence-electron chi connectivity index (χ3n) is 2.11. The maximum Gasteiger partial charge on any atom is 0.0407 e. The summed E-state index contributed by atoms with van der Waals surface area (Å²) >= 11 is 10.7. The van der Waals surface area contributed by atoms with Crippen LogP contribution in [0.1, 0.15) is 0 Å². The predicted octanol–water partition coefficient (Wildman–Crippen LogP) is 5.64. The topological polar surface area (TPSA) is 0 Å². The molecule has 0 bridgehead atoms. The monoisotopic (exact) mass is 388 g/mol. The first-order chi connectivity index (χ1) is 7.20. The molecule has 2 aromatic carbocycles. The second-order valence-corrected chi connectivity index (χ2v) is 5.59. The van der Waals surface area contributed by atoms with Crippen molar-refractivity contribution in [2.45, 2.75) is 0 Å². The molecular formula is C12H7Br3. The normalized spacial score (nSPS) is 10.3. The Balaban J connectivity index is 2.68. The van der Waals surface area contributed by atoms with Crippen molar-refractivity contribution in [3.8, 4) is 11.1 Å². The Morgan fingerprint density at radius 1 is 0.667 bits per heavy atom. The Morgan fingerprint density at radius 3 is 1.93 bits per heavy atom. The summed E-state index contributed by atoms with van der Waals surface area (Å²) < 4.78 is 3.22. The van der Waals surface area contributed by atoms with Gasteiger partial charge in [0.05, 0.1) is 0 Å². The van der Waals surface area contributed by atoms with E-state index in [9.17, 15) is 0 Å². The molecule has 0 saturated carbocycles. The molecule has 0 N–H and O–H groups in total. The van der Waals surface area contributed by atoms with Gasteiger partial charge < -0.3 is 0 Å². The molecule has 0 aliphatic heterocycles. The van der Waals surface area contributed by atoms with E-state index in [4.69, 9.17) is 0 Å². The summed E-state index contributed by atoms with van der Waals surface area (Å²) in [7, 11) is 0. The Hall–Kier alpha value is -0.120. The SMILES string of the molecule is Brc1ccc(Br)c(-c2ccccc2)c1Br. The van der Waals surface area contributed by atoms with Crippen LogP contribution in [0.5, 0.6) is 0 Å². The minimum Gasteiger partial charge on any atom is -0.0622 e. The lowest BCUT2D eigenvalue weighted by Crippen LogP contribution is -1.82. The van der Waals surface area contributed by atoms with Crippen molar-refractivity contribution in [2.75, 3.05) is 0 Å². The summed E-state index contributed by atoms with van der Waals surface area (Å²) in [5.74, 6) is 0. The second-order valence-electron chi connectivity index (χ2n) is 3.08. The zero-order chi connectivity index (χ0) is 10.8. The number of hydrogen-bond acceptors (Lipinski definition) is 0. The summed E-state index contributed by atoms with van der Waals surface area (Å²) in [5.41, 5.74) is 2.36. The van der Waals surface area contributed by atoms with Gasteiger partial charge in [-0.3, -0.25) is 0 Å². The van der Waals surface area contributed by atoms with Gasteiger partial charge in [0, 0.05) is 19.0 Å². The summed E-state index contributed by atoms with van der Waals surface area (Å²) in [6, 6.07) is 14.3. The summed E-state index contributed by atoms with van der Waals surface area (Å²) in [4.78, 5) is 0. The third kappa shape index (κ3) is 2.35. The van der Waals surface area contributed by atoms with Crippen molar-refractivity contribution in [3.05, 3.63) is 55.9 Å². The summed E-state index contributed by atoms with van der Waals surface area (Å²) in [5, 5.41) is 0. The number of benzene rings is 2. The van der Waals surface area contributed by atoms with Gasteiger partial charge in [0.25, 0.3) is 0 Å². The Bertz CT molecular complexity index is 478. The Kier molecular flexibility index (Phi) is 3.65. The highest BCUT2D eigenvalue weighted by Gasteiger charge is 2.09. The van der Waals surface area contributed by atoms with Gasteiger partial charge >= 0.3 is 0 Å². The van der Waals surface area contributed by atoms with Gasteiger partial charge in [0.15, 0.2) is 0 Å². The number of halogens is 3. The second kappa shape index (κ2) is 4.81. The van der Waals surface area contributed by atoms with Crippen molar-refractivity contribution in [2.24, 2.45) is 0 Å². The average molecular weight is 391 g/mol. The van der Waals surface area contributed by atoms with Crippen LogP contribution in [-0.2, 0) is 0 Å². The minimum absolute atomic E-state index is 1.06. The molecule has 2 rings (SSSR count). The molecule has 0 atom stereocenters. The zero-order valence-electron chi connectivity index (χ0n) is 7.68. The molecule has 0 aliphatic carbocycles. The van der Waals surface area contributed by atoms with Gasteiger partial charge in [-0.2, -0.15) is 0 Å². The predicted molar refractivity (Wildman–Crippen MR) is 75.0 cm³/mol. The van der Waals surface area contributed by atoms with E-state index in [1.807, 2.05) is 30.3 Å². The molecule has 0 unspecified atom stereocenters. The maximum atomic E-state index is 3.59. The zero-order valence-corrected chi connectivity index (χ0v) is 12.4. The highest BCUT2D eigenvalue weighted by Crippen LogP contribution is 2.39.